The first-order valence-corrected chi connectivity index (χ1v) is 15.1. The highest BCUT2D eigenvalue weighted by molar-refractivity contribution is 5.75. The van der Waals surface area contributed by atoms with E-state index in [1.54, 1.807) is 0 Å². The summed E-state index contributed by atoms with van der Waals surface area (Å²) in [6.45, 7) is 5.70. The highest BCUT2D eigenvalue weighted by atomic mass is 16.7. The van der Waals surface area contributed by atoms with Gasteiger partial charge >= 0.3 is 6.03 Å². The molecule has 0 saturated carbocycles. The number of hydrogen-bond donors (Lipinski definition) is 3. The van der Waals surface area contributed by atoms with Crippen molar-refractivity contribution in [3.63, 3.8) is 0 Å². The first-order valence-electron chi connectivity index (χ1n) is 15.1. The third-order valence-corrected chi connectivity index (χ3v) is 8.32. The highest BCUT2D eigenvalue weighted by Crippen LogP contribution is 2.42. The lowest BCUT2D eigenvalue weighted by atomic mass is 9.90. The van der Waals surface area contributed by atoms with E-state index in [2.05, 4.69) is 63.5 Å². The summed E-state index contributed by atoms with van der Waals surface area (Å²) >= 11 is 0. The predicted octanol–water partition coefficient (Wildman–Crippen LogP) is 6.51. The van der Waals surface area contributed by atoms with Crippen LogP contribution in [-0.2, 0) is 29.2 Å². The summed E-state index contributed by atoms with van der Waals surface area (Å²) < 4.78 is 15.5. The summed E-state index contributed by atoms with van der Waals surface area (Å²) in [5, 5.41) is 15.3. The number of benzene rings is 4. The minimum atomic E-state index is -0.572. The normalized spacial score (nSPS) is 20.0. The molecule has 4 aromatic carbocycles. The molecule has 1 aliphatic rings. The Kier molecular flexibility index (Phi) is 9.02. The maximum atomic E-state index is 12.0. The molecule has 3 N–H and O–H groups in total. The van der Waals surface area contributed by atoms with Crippen LogP contribution < -0.4 is 10.6 Å². The Balaban J connectivity index is 1.27. The lowest BCUT2D eigenvalue weighted by Crippen LogP contribution is -2.39. The molecule has 1 aliphatic heterocycles. The summed E-state index contributed by atoms with van der Waals surface area (Å²) in [5.41, 5.74) is 8.00. The number of imidazole rings is 1. The monoisotopic (exact) mass is 590 g/mol. The minimum absolute atomic E-state index is 0.000891. The van der Waals surface area contributed by atoms with Crippen molar-refractivity contribution in [1.29, 1.82) is 0 Å². The average molecular weight is 591 g/mol. The van der Waals surface area contributed by atoms with Crippen LogP contribution in [0.1, 0.15) is 48.5 Å². The molecular weight excluding hydrogens is 552 g/mol. The van der Waals surface area contributed by atoms with Gasteiger partial charge in [0.15, 0.2) is 6.29 Å². The first kappa shape index (κ1) is 29.6. The smallest absolute Gasteiger partial charge is 0.315 e. The van der Waals surface area contributed by atoms with E-state index < -0.39 is 6.29 Å². The molecule has 2 amide bonds. The Morgan fingerprint density at radius 3 is 2.39 bits per heavy atom. The van der Waals surface area contributed by atoms with Crippen LogP contribution in [0.5, 0.6) is 0 Å². The summed E-state index contributed by atoms with van der Waals surface area (Å²) in [5.74, 6) is 0.0518. The quantitative estimate of drug-likeness (QED) is 0.182. The number of aliphatic hydroxyl groups is 1. The average Bonchev–Trinajstić information content (AvgIpc) is 3.48. The number of fused-ring (bicyclic) bond motifs is 1. The van der Waals surface area contributed by atoms with Gasteiger partial charge in [0.2, 0.25) is 0 Å². The van der Waals surface area contributed by atoms with E-state index in [0.29, 0.717) is 19.6 Å². The van der Waals surface area contributed by atoms with Crippen LogP contribution in [-0.4, -0.2) is 33.3 Å². The van der Waals surface area contributed by atoms with Gasteiger partial charge in [-0.15, -0.1) is 0 Å². The van der Waals surface area contributed by atoms with E-state index in [1.807, 2.05) is 73.9 Å². The van der Waals surface area contributed by atoms with Crippen LogP contribution in [0.2, 0.25) is 0 Å². The maximum absolute atomic E-state index is 12.0. The van der Waals surface area contributed by atoms with Crippen LogP contribution in [0.15, 0.2) is 103 Å². The molecule has 0 aliphatic carbocycles. The zero-order valence-corrected chi connectivity index (χ0v) is 25.0. The first-order chi connectivity index (χ1) is 21.5. The molecule has 0 unspecified atom stereocenters. The molecule has 5 aromatic rings. The van der Waals surface area contributed by atoms with Gasteiger partial charge in [-0.25, -0.2) is 9.78 Å². The molecule has 6 rings (SSSR count). The van der Waals surface area contributed by atoms with Crippen LogP contribution in [0.25, 0.3) is 22.2 Å². The number of para-hydroxylation sites is 2. The number of nitrogens with zero attached hydrogens (tertiary/aromatic N) is 2. The number of amides is 2. The molecular formula is C36H38N4O4. The summed E-state index contributed by atoms with van der Waals surface area (Å²) in [7, 11) is 0. The largest absolute Gasteiger partial charge is 0.392 e. The molecule has 0 spiro atoms. The lowest BCUT2D eigenvalue weighted by molar-refractivity contribution is -0.276. The molecule has 226 valence electrons. The van der Waals surface area contributed by atoms with E-state index in [1.165, 1.54) is 0 Å². The Hall–Kier alpha value is -4.50. The van der Waals surface area contributed by atoms with Gasteiger partial charge in [-0.05, 0) is 46.9 Å². The van der Waals surface area contributed by atoms with E-state index in [0.717, 1.165) is 44.4 Å². The number of aromatic nitrogens is 2. The zero-order chi connectivity index (χ0) is 30.5. The number of nitrogens with one attached hydrogen (secondary N) is 2. The third-order valence-electron chi connectivity index (χ3n) is 8.32. The number of aliphatic hydroxyl groups excluding tert-OH is 1. The number of rotatable bonds is 9. The second kappa shape index (κ2) is 13.4. The van der Waals surface area contributed by atoms with Crippen molar-refractivity contribution < 1.29 is 19.4 Å². The van der Waals surface area contributed by atoms with Gasteiger partial charge in [0.25, 0.3) is 0 Å². The fourth-order valence-corrected chi connectivity index (χ4v) is 5.85. The second-order valence-corrected chi connectivity index (χ2v) is 11.2. The molecule has 0 bridgehead atoms. The molecule has 0 radical (unpaired) electrons. The van der Waals surface area contributed by atoms with E-state index in [9.17, 15) is 9.90 Å². The number of urea groups is 1. The van der Waals surface area contributed by atoms with Gasteiger partial charge in [-0.2, -0.15) is 0 Å². The van der Waals surface area contributed by atoms with Crippen LogP contribution >= 0.6 is 0 Å². The van der Waals surface area contributed by atoms with Gasteiger partial charge in [0.05, 0.1) is 42.7 Å². The number of carbonyl (C=O) groups is 1. The topological polar surface area (TPSA) is 97.6 Å². The Morgan fingerprint density at radius 2 is 1.61 bits per heavy atom. The maximum Gasteiger partial charge on any atom is 0.315 e. The molecule has 4 atom stereocenters. The Labute approximate surface area is 257 Å². The van der Waals surface area contributed by atoms with Crippen molar-refractivity contribution in [1.82, 2.24) is 20.2 Å². The third kappa shape index (κ3) is 6.38. The summed E-state index contributed by atoms with van der Waals surface area (Å²) in [6, 6.07) is 32.2. The zero-order valence-electron chi connectivity index (χ0n) is 25.0. The molecule has 1 fully saturated rings. The fourth-order valence-electron chi connectivity index (χ4n) is 5.85. The Bertz CT molecular complexity index is 1700. The number of carbonyl (C=O) groups excluding carboxylic acids is 1. The predicted molar refractivity (Wildman–Crippen MR) is 170 cm³/mol. The van der Waals surface area contributed by atoms with Crippen molar-refractivity contribution in [2.75, 3.05) is 6.54 Å². The minimum Gasteiger partial charge on any atom is -0.392 e. The molecule has 8 heteroatoms. The number of ether oxygens (including phenoxy) is 2. The van der Waals surface area contributed by atoms with Crippen molar-refractivity contribution in [3.8, 4) is 11.1 Å². The van der Waals surface area contributed by atoms with Gasteiger partial charge in [-0.1, -0.05) is 91.9 Å². The van der Waals surface area contributed by atoms with Crippen LogP contribution in [0.4, 0.5) is 4.79 Å². The van der Waals surface area contributed by atoms with E-state index in [-0.39, 0.29) is 30.8 Å². The highest BCUT2D eigenvalue weighted by Gasteiger charge is 2.38. The van der Waals surface area contributed by atoms with Crippen LogP contribution in [0.3, 0.4) is 0 Å². The van der Waals surface area contributed by atoms with Crippen molar-refractivity contribution in [2.45, 2.75) is 52.0 Å². The summed E-state index contributed by atoms with van der Waals surface area (Å²) in [6.07, 6.45) is 0.956. The molecule has 44 heavy (non-hydrogen) atoms. The molecule has 1 aromatic heterocycles. The molecule has 1 saturated heterocycles. The lowest BCUT2D eigenvalue weighted by Gasteiger charge is -2.41. The standard InChI is InChI=1S/C36H38N4O4/c1-3-37-36(42)38-20-29-8-4-5-9-30(29)26-16-18-28(19-17-26)35-43-33(21-40-23-39-31-10-6-7-11-32(31)40)24(2)34(44-35)27-14-12-25(22-41)13-15-27/h4-19,23-24,33-35,41H,3,20-22H2,1-2H3,(H2,37,38,42)/t24-,33+,34+,35+/m1/s1. The van der Waals surface area contributed by atoms with Gasteiger partial charge in [0, 0.05) is 24.6 Å². The number of hydrogen-bond acceptors (Lipinski definition) is 5. The van der Waals surface area contributed by atoms with Crippen LogP contribution in [0, 0.1) is 5.92 Å². The SMILES string of the molecule is CCNC(=O)NCc1ccccc1-c1ccc([C@H]2O[C@@H](Cn3cnc4ccccc43)[C@@H](C)[C@@H](c3ccc(CO)cc3)O2)cc1. The van der Waals surface area contributed by atoms with Crippen molar-refractivity contribution in [3.05, 3.63) is 126 Å². The van der Waals surface area contributed by atoms with Gasteiger partial charge in [0.1, 0.15) is 0 Å². The van der Waals surface area contributed by atoms with E-state index >= 15 is 0 Å². The van der Waals surface area contributed by atoms with Crippen molar-refractivity contribution in [2.24, 2.45) is 5.92 Å². The molecule has 8 nitrogen and oxygen atoms in total. The van der Waals surface area contributed by atoms with Gasteiger partial charge in [-0.3, -0.25) is 0 Å². The molecule has 2 heterocycles. The Morgan fingerprint density at radius 1 is 0.886 bits per heavy atom. The second-order valence-electron chi connectivity index (χ2n) is 11.2. The van der Waals surface area contributed by atoms with Crippen molar-refractivity contribution >= 4 is 17.1 Å². The fraction of sp³-hybridized carbons (Fsp3) is 0.278. The van der Waals surface area contributed by atoms with E-state index in [4.69, 9.17) is 9.47 Å². The van der Waals surface area contributed by atoms with Gasteiger partial charge < -0.3 is 29.8 Å². The summed E-state index contributed by atoms with van der Waals surface area (Å²) in [4.78, 5) is 16.6.